The lowest BCUT2D eigenvalue weighted by Gasteiger charge is -2.37. The second-order valence-electron chi connectivity index (χ2n) is 9.78. The summed E-state index contributed by atoms with van der Waals surface area (Å²) in [5.74, 6) is 0.461. The number of hydrogen-bond acceptors (Lipinski definition) is 4. The number of nitrogens with zero attached hydrogens (tertiary/aromatic N) is 1. The van der Waals surface area contributed by atoms with Gasteiger partial charge < -0.3 is 14.4 Å². The highest BCUT2D eigenvalue weighted by atomic mass is 79.9. The Labute approximate surface area is 199 Å². The van der Waals surface area contributed by atoms with E-state index in [4.69, 9.17) is 9.47 Å². The van der Waals surface area contributed by atoms with E-state index in [1.807, 2.05) is 18.7 Å². The van der Waals surface area contributed by atoms with Gasteiger partial charge in [-0.25, -0.2) is 0 Å². The fourth-order valence-corrected chi connectivity index (χ4v) is 5.72. The molecule has 2 aliphatic heterocycles. The van der Waals surface area contributed by atoms with Crippen LogP contribution < -0.4 is 0 Å². The molecule has 4 rings (SSSR count). The van der Waals surface area contributed by atoms with E-state index in [2.05, 4.69) is 54.0 Å². The highest BCUT2D eigenvalue weighted by Gasteiger charge is 2.52. The lowest BCUT2D eigenvalue weighted by Crippen LogP contribution is -2.41. The van der Waals surface area contributed by atoms with Gasteiger partial charge in [-0.15, -0.1) is 0 Å². The Hall–Kier alpha value is -1.66. The molecule has 4 unspecified atom stereocenters. The van der Waals surface area contributed by atoms with Crippen LogP contribution in [0.25, 0.3) is 0 Å². The Balaban J connectivity index is 1.66. The Kier molecular flexibility index (Phi) is 7.11. The number of hydrogen-bond donors (Lipinski definition) is 0. The van der Waals surface area contributed by atoms with Gasteiger partial charge in [0, 0.05) is 18.0 Å². The van der Waals surface area contributed by atoms with Crippen LogP contribution >= 0.6 is 15.9 Å². The number of benzene rings is 1. The Bertz CT molecular complexity index is 892. The van der Waals surface area contributed by atoms with Crippen molar-refractivity contribution in [2.75, 3.05) is 13.2 Å². The average molecular weight is 504 g/mol. The number of carbonyl (C=O) groups excluding carboxylic acids is 2. The highest BCUT2D eigenvalue weighted by molar-refractivity contribution is 9.09. The number of Topliss-reactive ketones (excluding diaryl/α,β-unsaturated/α-hetero) is 1. The second-order valence-corrected chi connectivity index (χ2v) is 11.1. The van der Waals surface area contributed by atoms with Gasteiger partial charge in [-0.2, -0.15) is 0 Å². The minimum absolute atomic E-state index is 0.0904. The first-order chi connectivity index (χ1) is 15.3. The first-order valence-corrected chi connectivity index (χ1v) is 12.8. The van der Waals surface area contributed by atoms with Gasteiger partial charge in [0.2, 0.25) is 0 Å². The molecule has 5 nitrogen and oxygen atoms in total. The predicted molar refractivity (Wildman–Crippen MR) is 128 cm³/mol. The zero-order valence-corrected chi connectivity index (χ0v) is 21.1. The number of carbonyl (C=O) groups is 2. The third-order valence-corrected chi connectivity index (χ3v) is 7.62. The number of fused-ring (bicyclic) bond motifs is 1. The molecule has 174 valence electrons. The lowest BCUT2D eigenvalue weighted by molar-refractivity contribution is -0.135. The van der Waals surface area contributed by atoms with E-state index in [-0.39, 0.29) is 41.6 Å². The molecule has 1 amide bonds. The SMILES string of the molecule is CC(C)OCCCN1C(=O)C2=C(C(=O)C3CC(Br)CCC3O2)C1c1ccc(C(C)C)cc1. The zero-order valence-electron chi connectivity index (χ0n) is 19.5. The largest absolute Gasteiger partial charge is 0.483 e. The summed E-state index contributed by atoms with van der Waals surface area (Å²) in [4.78, 5) is 29.3. The molecule has 32 heavy (non-hydrogen) atoms. The molecule has 1 aromatic rings. The zero-order chi connectivity index (χ0) is 23.0. The number of ether oxygens (including phenoxy) is 2. The van der Waals surface area contributed by atoms with E-state index in [1.54, 1.807) is 0 Å². The molecule has 1 aromatic carbocycles. The molecule has 1 saturated carbocycles. The van der Waals surface area contributed by atoms with Crippen molar-refractivity contribution in [3.8, 4) is 0 Å². The summed E-state index contributed by atoms with van der Waals surface area (Å²) in [6.45, 7) is 9.44. The van der Waals surface area contributed by atoms with Crippen molar-refractivity contribution in [3.63, 3.8) is 0 Å². The van der Waals surface area contributed by atoms with Crippen LogP contribution in [0.5, 0.6) is 0 Å². The van der Waals surface area contributed by atoms with Gasteiger partial charge in [0.05, 0.1) is 23.6 Å². The van der Waals surface area contributed by atoms with Gasteiger partial charge in [0.15, 0.2) is 11.5 Å². The molecule has 0 spiro atoms. The molecule has 1 aliphatic carbocycles. The van der Waals surface area contributed by atoms with Gasteiger partial charge in [-0.3, -0.25) is 9.59 Å². The van der Waals surface area contributed by atoms with Gasteiger partial charge >= 0.3 is 0 Å². The summed E-state index contributed by atoms with van der Waals surface area (Å²) < 4.78 is 11.9. The Morgan fingerprint density at radius 2 is 1.84 bits per heavy atom. The minimum atomic E-state index is -0.387. The maximum Gasteiger partial charge on any atom is 0.290 e. The van der Waals surface area contributed by atoms with E-state index in [0.717, 1.165) is 31.2 Å². The van der Waals surface area contributed by atoms with Crippen LogP contribution in [0.15, 0.2) is 35.6 Å². The third kappa shape index (κ3) is 4.54. The summed E-state index contributed by atoms with van der Waals surface area (Å²) >= 11 is 3.69. The summed E-state index contributed by atoms with van der Waals surface area (Å²) in [7, 11) is 0. The van der Waals surface area contributed by atoms with Crippen molar-refractivity contribution >= 4 is 27.6 Å². The van der Waals surface area contributed by atoms with Crippen LogP contribution in [0.3, 0.4) is 0 Å². The molecule has 0 N–H and O–H groups in total. The van der Waals surface area contributed by atoms with Crippen molar-refractivity contribution < 1.29 is 19.1 Å². The number of ketones is 1. The monoisotopic (exact) mass is 503 g/mol. The van der Waals surface area contributed by atoms with Crippen molar-refractivity contribution in [1.29, 1.82) is 0 Å². The molecule has 0 saturated heterocycles. The Morgan fingerprint density at radius 1 is 1.12 bits per heavy atom. The van der Waals surface area contributed by atoms with Crippen LogP contribution in [0.2, 0.25) is 0 Å². The summed E-state index contributed by atoms with van der Waals surface area (Å²) in [6.07, 6.45) is 3.20. The standard InChI is InChI=1S/C26H34BrNO4/c1-15(2)17-6-8-18(9-7-17)23-22-24(29)20-14-19(27)10-11-21(20)32-25(22)26(30)28(23)12-5-13-31-16(3)4/h6-9,15-16,19-21,23H,5,10-14H2,1-4H3. The molecular weight excluding hydrogens is 470 g/mol. The molecular formula is C26H34BrNO4. The van der Waals surface area contributed by atoms with Crippen LogP contribution in [0.4, 0.5) is 0 Å². The van der Waals surface area contributed by atoms with Gasteiger partial charge in [0.1, 0.15) is 6.10 Å². The number of alkyl halides is 1. The van der Waals surface area contributed by atoms with E-state index in [0.29, 0.717) is 29.5 Å². The number of rotatable bonds is 7. The molecule has 1 fully saturated rings. The molecule has 3 aliphatic rings. The van der Waals surface area contributed by atoms with E-state index in [9.17, 15) is 9.59 Å². The lowest BCUT2D eigenvalue weighted by atomic mass is 9.77. The van der Waals surface area contributed by atoms with Crippen LogP contribution in [-0.2, 0) is 19.1 Å². The van der Waals surface area contributed by atoms with Gasteiger partial charge in [-0.05, 0) is 56.6 Å². The van der Waals surface area contributed by atoms with Crippen molar-refractivity contribution in [2.45, 2.75) is 82.4 Å². The molecule has 0 radical (unpaired) electrons. The highest BCUT2D eigenvalue weighted by Crippen LogP contribution is 2.47. The van der Waals surface area contributed by atoms with E-state index < -0.39 is 0 Å². The molecule has 0 aromatic heterocycles. The van der Waals surface area contributed by atoms with Crippen molar-refractivity contribution in [3.05, 3.63) is 46.7 Å². The van der Waals surface area contributed by atoms with Crippen molar-refractivity contribution in [1.82, 2.24) is 4.90 Å². The van der Waals surface area contributed by atoms with Crippen LogP contribution in [0.1, 0.15) is 76.5 Å². The third-order valence-electron chi connectivity index (χ3n) is 6.79. The van der Waals surface area contributed by atoms with Crippen LogP contribution in [-0.4, -0.2) is 46.8 Å². The van der Waals surface area contributed by atoms with Gasteiger partial charge in [0.25, 0.3) is 5.91 Å². The fourth-order valence-electron chi connectivity index (χ4n) is 5.06. The maximum absolute atomic E-state index is 13.7. The minimum Gasteiger partial charge on any atom is -0.483 e. The number of halogens is 1. The first-order valence-electron chi connectivity index (χ1n) is 11.9. The first kappa shape index (κ1) is 23.5. The predicted octanol–water partition coefficient (Wildman–Crippen LogP) is 5.29. The average Bonchev–Trinajstić information content (AvgIpc) is 3.04. The molecule has 6 heteroatoms. The quantitative estimate of drug-likeness (QED) is 0.374. The smallest absolute Gasteiger partial charge is 0.290 e. The van der Waals surface area contributed by atoms with E-state index >= 15 is 0 Å². The normalized spacial score (nSPS) is 27.8. The number of amides is 1. The molecule has 0 bridgehead atoms. The van der Waals surface area contributed by atoms with Crippen molar-refractivity contribution in [2.24, 2.45) is 5.92 Å². The summed E-state index contributed by atoms with van der Waals surface area (Å²) in [5, 5.41) is 0. The molecule has 4 atom stereocenters. The Morgan fingerprint density at radius 3 is 2.50 bits per heavy atom. The topological polar surface area (TPSA) is 55.8 Å². The van der Waals surface area contributed by atoms with Gasteiger partial charge in [-0.1, -0.05) is 54.0 Å². The van der Waals surface area contributed by atoms with Crippen LogP contribution in [0, 0.1) is 5.92 Å². The fraction of sp³-hybridized carbons (Fsp3) is 0.615. The summed E-state index contributed by atoms with van der Waals surface area (Å²) in [6, 6.07) is 7.95. The molecule has 2 heterocycles. The maximum atomic E-state index is 13.7. The second kappa shape index (κ2) is 9.68. The summed E-state index contributed by atoms with van der Waals surface area (Å²) in [5.41, 5.74) is 2.77. The van der Waals surface area contributed by atoms with E-state index in [1.165, 1.54) is 5.56 Å².